The normalized spacial score (nSPS) is 9.71. The highest BCUT2D eigenvalue weighted by Gasteiger charge is 2.14. The number of hydrogen-bond acceptors (Lipinski definition) is 3. The quantitative estimate of drug-likeness (QED) is 0.636. The van der Waals surface area contributed by atoms with Crippen molar-refractivity contribution in [1.29, 1.82) is 0 Å². The standard InChI is InChI=1S/C13H11NO3/c15-13(17-12-9-5-2-6-10-12)14(16)11-7-3-1-4-8-11/h1-10,16H. The minimum atomic E-state index is -0.845. The van der Waals surface area contributed by atoms with Gasteiger partial charge in [-0.25, -0.2) is 4.79 Å². The van der Waals surface area contributed by atoms with Crippen molar-refractivity contribution >= 4 is 11.8 Å². The van der Waals surface area contributed by atoms with Crippen LogP contribution in [0.25, 0.3) is 0 Å². The Morgan fingerprint density at radius 2 is 1.47 bits per heavy atom. The summed E-state index contributed by atoms with van der Waals surface area (Å²) in [5.74, 6) is 0.382. The molecular formula is C13H11NO3. The number of ether oxygens (including phenoxy) is 1. The van der Waals surface area contributed by atoms with Gasteiger partial charge < -0.3 is 4.74 Å². The summed E-state index contributed by atoms with van der Waals surface area (Å²) in [7, 11) is 0. The Morgan fingerprint density at radius 3 is 2.06 bits per heavy atom. The molecule has 2 aromatic rings. The van der Waals surface area contributed by atoms with Gasteiger partial charge in [0.25, 0.3) is 0 Å². The van der Waals surface area contributed by atoms with Crippen LogP contribution in [-0.2, 0) is 0 Å². The molecule has 4 heteroatoms. The topological polar surface area (TPSA) is 49.8 Å². The van der Waals surface area contributed by atoms with Crippen LogP contribution >= 0.6 is 0 Å². The van der Waals surface area contributed by atoms with E-state index in [4.69, 9.17) is 4.74 Å². The molecular weight excluding hydrogens is 218 g/mol. The lowest BCUT2D eigenvalue weighted by Gasteiger charge is -2.14. The van der Waals surface area contributed by atoms with E-state index in [-0.39, 0.29) is 0 Å². The van der Waals surface area contributed by atoms with Gasteiger partial charge in [-0.15, -0.1) is 0 Å². The Bertz CT molecular complexity index is 485. The van der Waals surface area contributed by atoms with Gasteiger partial charge in [-0.05, 0) is 24.3 Å². The first-order chi connectivity index (χ1) is 8.27. The van der Waals surface area contributed by atoms with Crippen LogP contribution in [0.1, 0.15) is 0 Å². The zero-order valence-corrected chi connectivity index (χ0v) is 8.98. The van der Waals surface area contributed by atoms with Gasteiger partial charge in [0.15, 0.2) is 0 Å². The Morgan fingerprint density at radius 1 is 0.941 bits per heavy atom. The molecule has 86 valence electrons. The summed E-state index contributed by atoms with van der Waals surface area (Å²) in [5, 5.41) is 10.1. The van der Waals surface area contributed by atoms with E-state index in [0.717, 1.165) is 0 Å². The van der Waals surface area contributed by atoms with E-state index in [1.807, 2.05) is 6.07 Å². The van der Waals surface area contributed by atoms with Gasteiger partial charge in [0, 0.05) is 0 Å². The van der Waals surface area contributed by atoms with Crippen molar-refractivity contribution < 1.29 is 14.7 Å². The molecule has 0 aliphatic rings. The second kappa shape index (κ2) is 5.14. The van der Waals surface area contributed by atoms with Crippen LogP contribution in [0, 0.1) is 0 Å². The lowest BCUT2D eigenvalue weighted by Crippen LogP contribution is -2.29. The molecule has 17 heavy (non-hydrogen) atoms. The van der Waals surface area contributed by atoms with Crippen molar-refractivity contribution in [2.24, 2.45) is 0 Å². The van der Waals surface area contributed by atoms with E-state index in [9.17, 15) is 10.0 Å². The molecule has 0 bridgehead atoms. The van der Waals surface area contributed by atoms with E-state index in [2.05, 4.69) is 0 Å². The van der Waals surface area contributed by atoms with Crippen molar-refractivity contribution in [2.75, 3.05) is 5.06 Å². The van der Waals surface area contributed by atoms with Crippen LogP contribution in [0.2, 0.25) is 0 Å². The Labute approximate surface area is 98.6 Å². The Hall–Kier alpha value is -2.33. The van der Waals surface area contributed by atoms with Crippen molar-refractivity contribution in [3.63, 3.8) is 0 Å². The maximum absolute atomic E-state index is 11.6. The summed E-state index contributed by atoms with van der Waals surface area (Å²) in [6, 6.07) is 17.0. The van der Waals surface area contributed by atoms with Crippen LogP contribution in [0.3, 0.4) is 0 Å². The molecule has 0 heterocycles. The minimum Gasteiger partial charge on any atom is -0.408 e. The first kappa shape index (κ1) is 11.2. The highest BCUT2D eigenvalue weighted by atomic mass is 16.6. The molecule has 2 aromatic carbocycles. The fraction of sp³-hybridized carbons (Fsp3) is 0. The first-order valence-corrected chi connectivity index (χ1v) is 5.08. The van der Waals surface area contributed by atoms with E-state index < -0.39 is 6.09 Å². The number of benzene rings is 2. The van der Waals surface area contributed by atoms with Crippen LogP contribution in [0.15, 0.2) is 60.7 Å². The molecule has 0 fully saturated rings. The number of carbonyl (C=O) groups excluding carboxylic acids is 1. The number of para-hydroxylation sites is 2. The number of anilines is 1. The number of nitrogens with zero attached hydrogens (tertiary/aromatic N) is 1. The predicted octanol–water partition coefficient (Wildman–Crippen LogP) is 3.08. The molecule has 0 unspecified atom stereocenters. The fourth-order valence-corrected chi connectivity index (χ4v) is 1.31. The number of hydroxylamine groups is 1. The summed E-state index contributed by atoms with van der Waals surface area (Å²) in [5.41, 5.74) is 0.355. The van der Waals surface area contributed by atoms with Gasteiger partial charge in [0.1, 0.15) is 5.75 Å². The largest absolute Gasteiger partial charge is 0.444 e. The van der Waals surface area contributed by atoms with E-state index in [0.29, 0.717) is 16.5 Å². The summed E-state index contributed by atoms with van der Waals surface area (Å²) in [6.45, 7) is 0. The molecule has 0 radical (unpaired) electrons. The third-order valence-corrected chi connectivity index (χ3v) is 2.12. The molecule has 0 aliphatic carbocycles. The second-order valence-corrected chi connectivity index (χ2v) is 3.33. The average Bonchev–Trinajstić information content (AvgIpc) is 2.40. The first-order valence-electron chi connectivity index (χ1n) is 5.08. The van der Waals surface area contributed by atoms with Gasteiger partial charge in [0.2, 0.25) is 0 Å². The van der Waals surface area contributed by atoms with Crippen LogP contribution in [0.5, 0.6) is 5.75 Å². The van der Waals surface area contributed by atoms with Crippen molar-refractivity contribution in [3.05, 3.63) is 60.7 Å². The van der Waals surface area contributed by atoms with Gasteiger partial charge in [0.05, 0.1) is 5.69 Å². The van der Waals surface area contributed by atoms with Crippen molar-refractivity contribution in [3.8, 4) is 5.75 Å². The summed E-state index contributed by atoms with van der Waals surface area (Å²) in [4.78, 5) is 11.6. The highest BCUT2D eigenvalue weighted by Crippen LogP contribution is 2.14. The van der Waals surface area contributed by atoms with Crippen molar-refractivity contribution in [1.82, 2.24) is 0 Å². The molecule has 0 atom stereocenters. The Balaban J connectivity index is 2.06. The third kappa shape index (κ3) is 2.83. The highest BCUT2D eigenvalue weighted by molar-refractivity contribution is 5.86. The lowest BCUT2D eigenvalue weighted by atomic mass is 10.3. The maximum Gasteiger partial charge on any atom is 0.444 e. The summed E-state index contributed by atoms with van der Waals surface area (Å²) in [6.07, 6.45) is -0.845. The smallest absolute Gasteiger partial charge is 0.408 e. The lowest BCUT2D eigenvalue weighted by molar-refractivity contribution is 0.166. The molecule has 1 amide bonds. The fourth-order valence-electron chi connectivity index (χ4n) is 1.31. The monoisotopic (exact) mass is 229 g/mol. The van der Waals surface area contributed by atoms with E-state index in [1.54, 1.807) is 54.6 Å². The van der Waals surface area contributed by atoms with Crippen molar-refractivity contribution in [2.45, 2.75) is 0 Å². The Kier molecular flexibility index (Phi) is 3.37. The third-order valence-electron chi connectivity index (χ3n) is 2.12. The minimum absolute atomic E-state index is 0.355. The number of amides is 1. The van der Waals surface area contributed by atoms with E-state index in [1.165, 1.54) is 0 Å². The maximum atomic E-state index is 11.6. The molecule has 0 saturated carbocycles. The predicted molar refractivity (Wildman–Crippen MR) is 63.2 cm³/mol. The van der Waals surface area contributed by atoms with Gasteiger partial charge in [-0.2, -0.15) is 5.06 Å². The molecule has 2 rings (SSSR count). The van der Waals surface area contributed by atoms with Crippen LogP contribution in [0.4, 0.5) is 10.5 Å². The van der Waals surface area contributed by atoms with Crippen LogP contribution in [-0.4, -0.2) is 11.3 Å². The average molecular weight is 229 g/mol. The number of hydrogen-bond donors (Lipinski definition) is 1. The molecule has 4 nitrogen and oxygen atoms in total. The number of rotatable bonds is 2. The SMILES string of the molecule is O=C(Oc1ccccc1)N(O)c1ccccc1. The van der Waals surface area contributed by atoms with Gasteiger partial charge >= 0.3 is 6.09 Å². The zero-order valence-electron chi connectivity index (χ0n) is 8.98. The van der Waals surface area contributed by atoms with Crippen LogP contribution < -0.4 is 9.80 Å². The zero-order chi connectivity index (χ0) is 12.1. The molecule has 1 N–H and O–H groups in total. The van der Waals surface area contributed by atoms with E-state index >= 15 is 0 Å². The molecule has 0 aliphatic heterocycles. The summed E-state index contributed by atoms with van der Waals surface area (Å²) < 4.78 is 4.97. The second-order valence-electron chi connectivity index (χ2n) is 3.33. The van der Waals surface area contributed by atoms with Gasteiger partial charge in [-0.1, -0.05) is 36.4 Å². The van der Waals surface area contributed by atoms with Gasteiger partial charge in [-0.3, -0.25) is 5.21 Å². The molecule has 0 spiro atoms. The molecule has 0 aromatic heterocycles. The number of carbonyl (C=O) groups is 1. The molecule has 0 saturated heterocycles. The summed E-state index contributed by atoms with van der Waals surface area (Å²) >= 11 is 0.